The normalized spacial score (nSPS) is 11.0. The molecule has 0 aliphatic heterocycles. The molecule has 0 radical (unpaired) electrons. The minimum Gasteiger partial charge on any atom is -0.361 e. The lowest BCUT2D eigenvalue weighted by molar-refractivity contribution is 0.627. The summed E-state index contributed by atoms with van der Waals surface area (Å²) in [5.74, 6) is -0.269. The summed E-state index contributed by atoms with van der Waals surface area (Å²) in [6, 6.07) is 6.22. The van der Waals surface area contributed by atoms with Crippen molar-refractivity contribution < 1.29 is 4.39 Å². The van der Waals surface area contributed by atoms with Crippen LogP contribution in [0.3, 0.4) is 0 Å². The molecule has 1 aromatic carbocycles. The molecule has 0 saturated carbocycles. The van der Waals surface area contributed by atoms with Gasteiger partial charge in [-0.3, -0.25) is 5.43 Å². The zero-order chi connectivity index (χ0) is 16.8. The molecule has 2 N–H and O–H groups in total. The van der Waals surface area contributed by atoms with Crippen molar-refractivity contribution in [3.63, 3.8) is 0 Å². The molecule has 0 spiro atoms. The fourth-order valence-electron chi connectivity index (χ4n) is 2.11. The molecule has 0 bridgehead atoms. The first kappa shape index (κ1) is 17.1. The molecule has 1 heterocycles. The number of hydrogen-bond acceptors (Lipinski definition) is 3. The zero-order valence-electron chi connectivity index (χ0n) is 13.4. The van der Waals surface area contributed by atoms with E-state index in [0.29, 0.717) is 5.11 Å². The van der Waals surface area contributed by atoms with Gasteiger partial charge in [0.1, 0.15) is 5.82 Å². The molecule has 2 rings (SSSR count). The van der Waals surface area contributed by atoms with Crippen LogP contribution in [0.1, 0.15) is 30.3 Å². The minimum absolute atomic E-state index is 0.269. The summed E-state index contributed by atoms with van der Waals surface area (Å²) in [5.41, 5.74) is 6.25. The predicted octanol–water partition coefficient (Wildman–Crippen LogP) is 2.84. The van der Waals surface area contributed by atoms with Crippen molar-refractivity contribution >= 4 is 23.5 Å². The van der Waals surface area contributed by atoms with E-state index in [0.717, 1.165) is 35.6 Å². The third kappa shape index (κ3) is 4.35. The largest absolute Gasteiger partial charge is 0.361 e. The lowest BCUT2D eigenvalue weighted by atomic mass is 10.2. The van der Waals surface area contributed by atoms with E-state index >= 15 is 0 Å². The number of aryl methyl sites for hydroxylation is 1. The Morgan fingerprint density at radius 2 is 2.04 bits per heavy atom. The summed E-state index contributed by atoms with van der Waals surface area (Å²) in [4.78, 5) is 0. The Morgan fingerprint density at radius 1 is 1.35 bits per heavy atom. The van der Waals surface area contributed by atoms with Gasteiger partial charge in [-0.2, -0.15) is 10.2 Å². The highest BCUT2D eigenvalue weighted by Crippen LogP contribution is 2.16. The second-order valence-electron chi connectivity index (χ2n) is 5.10. The Hall–Kier alpha value is -2.28. The van der Waals surface area contributed by atoms with Gasteiger partial charge in [0.05, 0.1) is 23.3 Å². The van der Waals surface area contributed by atoms with Gasteiger partial charge in [-0.15, -0.1) is 0 Å². The first-order valence-electron chi connectivity index (χ1n) is 7.42. The maximum Gasteiger partial charge on any atom is 0.186 e. The number of hydrazone groups is 1. The highest BCUT2D eigenvalue weighted by Gasteiger charge is 2.11. The van der Waals surface area contributed by atoms with E-state index in [1.807, 2.05) is 13.8 Å². The standard InChI is InChI=1S/C16H20FN5S/c1-4-9-18-16(23)20-19-10-15-11(2)21-22(12(15)3)14-7-5-13(17)6-8-14/h5-8,10H,4,9H2,1-3H3,(H2,18,20,23)/b19-10-. The quantitative estimate of drug-likeness (QED) is 0.502. The molecule has 122 valence electrons. The number of hydrogen-bond donors (Lipinski definition) is 2. The summed E-state index contributed by atoms with van der Waals surface area (Å²) in [6.07, 6.45) is 2.69. The fraction of sp³-hybridized carbons (Fsp3) is 0.312. The van der Waals surface area contributed by atoms with Gasteiger partial charge < -0.3 is 5.32 Å². The van der Waals surface area contributed by atoms with Crippen LogP contribution >= 0.6 is 12.2 Å². The maximum absolute atomic E-state index is 13.0. The van der Waals surface area contributed by atoms with Crippen molar-refractivity contribution in [2.75, 3.05) is 6.54 Å². The highest BCUT2D eigenvalue weighted by molar-refractivity contribution is 7.80. The van der Waals surface area contributed by atoms with Gasteiger partial charge in [-0.05, 0) is 56.8 Å². The summed E-state index contributed by atoms with van der Waals surface area (Å²) >= 11 is 5.10. The van der Waals surface area contributed by atoms with E-state index in [2.05, 4.69) is 27.9 Å². The SMILES string of the molecule is CCCNC(=S)N/N=C\c1c(C)nn(-c2ccc(F)cc2)c1C. The van der Waals surface area contributed by atoms with Crippen LogP contribution in [0.4, 0.5) is 4.39 Å². The lowest BCUT2D eigenvalue weighted by Crippen LogP contribution is -2.32. The molecule has 0 atom stereocenters. The summed E-state index contributed by atoms with van der Waals surface area (Å²) in [6.45, 7) is 6.72. The van der Waals surface area contributed by atoms with Gasteiger partial charge >= 0.3 is 0 Å². The Balaban J connectivity index is 2.14. The van der Waals surface area contributed by atoms with Crippen LogP contribution in [-0.2, 0) is 0 Å². The summed E-state index contributed by atoms with van der Waals surface area (Å²) in [7, 11) is 0. The number of halogens is 1. The van der Waals surface area contributed by atoms with Gasteiger partial charge in [0.2, 0.25) is 0 Å². The van der Waals surface area contributed by atoms with E-state index in [9.17, 15) is 4.39 Å². The monoisotopic (exact) mass is 333 g/mol. The van der Waals surface area contributed by atoms with Gasteiger partial charge in [0.25, 0.3) is 0 Å². The number of thiocarbonyl (C=S) groups is 1. The molecule has 5 nitrogen and oxygen atoms in total. The van der Waals surface area contributed by atoms with Crippen LogP contribution in [0.2, 0.25) is 0 Å². The van der Waals surface area contributed by atoms with Crippen LogP contribution < -0.4 is 10.7 Å². The molecule has 7 heteroatoms. The van der Waals surface area contributed by atoms with E-state index < -0.39 is 0 Å². The molecular formula is C16H20FN5S. The highest BCUT2D eigenvalue weighted by atomic mass is 32.1. The summed E-state index contributed by atoms with van der Waals surface area (Å²) < 4.78 is 14.8. The Kier molecular flexibility index (Phi) is 5.81. The van der Waals surface area contributed by atoms with Crippen LogP contribution in [0.5, 0.6) is 0 Å². The zero-order valence-corrected chi connectivity index (χ0v) is 14.2. The van der Waals surface area contributed by atoms with Crippen molar-refractivity contribution in [1.82, 2.24) is 20.5 Å². The van der Waals surface area contributed by atoms with Crippen molar-refractivity contribution in [1.29, 1.82) is 0 Å². The predicted molar refractivity (Wildman–Crippen MR) is 94.6 cm³/mol. The molecule has 0 aliphatic rings. The number of rotatable bonds is 5. The van der Waals surface area contributed by atoms with E-state index in [-0.39, 0.29) is 5.82 Å². The van der Waals surface area contributed by atoms with Crippen molar-refractivity contribution in [3.05, 3.63) is 47.0 Å². The maximum atomic E-state index is 13.0. The summed E-state index contributed by atoms with van der Waals surface area (Å²) in [5, 5.41) is 12.2. The van der Waals surface area contributed by atoms with Crippen molar-refractivity contribution in [3.8, 4) is 5.69 Å². The first-order valence-corrected chi connectivity index (χ1v) is 7.82. The topological polar surface area (TPSA) is 54.2 Å². The van der Waals surface area contributed by atoms with E-state index in [1.54, 1.807) is 23.0 Å². The lowest BCUT2D eigenvalue weighted by Gasteiger charge is -2.05. The number of nitrogens with zero attached hydrogens (tertiary/aromatic N) is 3. The van der Waals surface area contributed by atoms with Gasteiger partial charge in [0.15, 0.2) is 5.11 Å². The van der Waals surface area contributed by atoms with Crippen molar-refractivity contribution in [2.24, 2.45) is 5.10 Å². The van der Waals surface area contributed by atoms with E-state index in [4.69, 9.17) is 12.2 Å². The molecule has 0 fully saturated rings. The molecule has 0 amide bonds. The number of aromatic nitrogens is 2. The molecule has 23 heavy (non-hydrogen) atoms. The Bertz CT molecular complexity index is 706. The second kappa shape index (κ2) is 7.82. The van der Waals surface area contributed by atoms with Gasteiger partial charge in [0, 0.05) is 12.1 Å². The molecular weight excluding hydrogens is 313 g/mol. The van der Waals surface area contributed by atoms with Crippen LogP contribution in [0.25, 0.3) is 5.69 Å². The van der Waals surface area contributed by atoms with E-state index in [1.165, 1.54) is 12.1 Å². The Morgan fingerprint density at radius 3 is 2.70 bits per heavy atom. The van der Waals surface area contributed by atoms with Gasteiger partial charge in [-0.25, -0.2) is 9.07 Å². The van der Waals surface area contributed by atoms with Crippen LogP contribution in [0, 0.1) is 19.7 Å². The number of nitrogens with one attached hydrogen (secondary N) is 2. The third-order valence-electron chi connectivity index (χ3n) is 3.31. The molecule has 0 unspecified atom stereocenters. The van der Waals surface area contributed by atoms with Crippen LogP contribution in [-0.4, -0.2) is 27.7 Å². The average Bonchev–Trinajstić information content (AvgIpc) is 2.81. The average molecular weight is 333 g/mol. The van der Waals surface area contributed by atoms with Crippen molar-refractivity contribution in [2.45, 2.75) is 27.2 Å². The third-order valence-corrected chi connectivity index (χ3v) is 3.55. The molecule has 0 saturated heterocycles. The minimum atomic E-state index is -0.269. The first-order chi connectivity index (χ1) is 11.0. The smallest absolute Gasteiger partial charge is 0.186 e. The van der Waals surface area contributed by atoms with Gasteiger partial charge in [-0.1, -0.05) is 6.92 Å². The Labute approximate surface area is 140 Å². The second-order valence-corrected chi connectivity index (χ2v) is 5.51. The molecule has 1 aromatic heterocycles. The van der Waals surface area contributed by atoms with Crippen LogP contribution in [0.15, 0.2) is 29.4 Å². The fourth-order valence-corrected chi connectivity index (χ4v) is 2.26. The molecule has 2 aromatic rings. The molecule has 0 aliphatic carbocycles. The number of benzene rings is 1.